The van der Waals surface area contributed by atoms with Gasteiger partial charge < -0.3 is 14.4 Å². The first-order valence-electron chi connectivity index (χ1n) is 15.0. The molecule has 0 N–H and O–H groups in total. The van der Waals surface area contributed by atoms with Gasteiger partial charge in [-0.15, -0.1) is 0 Å². The van der Waals surface area contributed by atoms with Crippen LogP contribution in [0.3, 0.4) is 0 Å². The lowest BCUT2D eigenvalue weighted by molar-refractivity contribution is 0.0224. The van der Waals surface area contributed by atoms with Crippen LogP contribution in [0.2, 0.25) is 0 Å². The minimum absolute atomic E-state index is 0.168. The zero-order chi connectivity index (χ0) is 30.4. The van der Waals surface area contributed by atoms with Crippen molar-refractivity contribution in [1.29, 1.82) is 0 Å². The van der Waals surface area contributed by atoms with Crippen LogP contribution in [-0.2, 0) is 10.3 Å². The lowest BCUT2D eigenvalue weighted by Gasteiger charge is -2.38. The van der Waals surface area contributed by atoms with Gasteiger partial charge >= 0.3 is 5.97 Å². The topological polar surface area (TPSA) is 59.1 Å². The molecule has 6 nitrogen and oxygen atoms in total. The van der Waals surface area contributed by atoms with Crippen molar-refractivity contribution in [3.8, 4) is 11.5 Å². The van der Waals surface area contributed by atoms with E-state index in [4.69, 9.17) is 9.47 Å². The fourth-order valence-corrected chi connectivity index (χ4v) is 6.48. The van der Waals surface area contributed by atoms with Gasteiger partial charge in [-0.1, -0.05) is 54.6 Å². The van der Waals surface area contributed by atoms with Crippen LogP contribution in [-0.4, -0.2) is 25.0 Å². The Bertz CT molecular complexity index is 1900. The summed E-state index contributed by atoms with van der Waals surface area (Å²) in [5, 5.41) is 0. The molecule has 44 heavy (non-hydrogen) atoms. The number of carbonyl (C=O) groups excluding carboxylic acids is 2. The maximum absolute atomic E-state index is 14.2. The average molecular weight is 581 g/mol. The molecular formula is C38H32N2O4. The molecule has 0 saturated carbocycles. The number of carbonyl (C=O) groups is 2. The lowest BCUT2D eigenvalue weighted by atomic mass is 9.77. The van der Waals surface area contributed by atoms with Gasteiger partial charge in [0.15, 0.2) is 5.60 Å². The molecule has 0 fully saturated rings. The summed E-state index contributed by atoms with van der Waals surface area (Å²) in [7, 11) is 0. The second kappa shape index (κ2) is 10.7. The van der Waals surface area contributed by atoms with E-state index in [2.05, 4.69) is 24.8 Å². The van der Waals surface area contributed by atoms with Gasteiger partial charge in [0.1, 0.15) is 11.5 Å². The van der Waals surface area contributed by atoms with Crippen molar-refractivity contribution in [1.82, 2.24) is 0 Å². The lowest BCUT2D eigenvalue weighted by Crippen LogP contribution is -2.34. The summed E-state index contributed by atoms with van der Waals surface area (Å²) >= 11 is 0. The fraction of sp³-hybridized carbons (Fsp3) is 0.158. The van der Waals surface area contributed by atoms with E-state index in [0.717, 1.165) is 41.2 Å². The third-order valence-corrected chi connectivity index (χ3v) is 8.62. The Morgan fingerprint density at radius 2 is 1.36 bits per heavy atom. The molecule has 0 aromatic heterocycles. The third kappa shape index (κ3) is 4.17. The first kappa shape index (κ1) is 27.5. The van der Waals surface area contributed by atoms with E-state index in [1.54, 1.807) is 11.0 Å². The van der Waals surface area contributed by atoms with Crippen molar-refractivity contribution < 1.29 is 19.1 Å². The predicted octanol–water partition coefficient (Wildman–Crippen LogP) is 8.39. The van der Waals surface area contributed by atoms with Crippen LogP contribution < -0.4 is 14.5 Å². The molecular weight excluding hydrogens is 548 g/mol. The Kier molecular flexibility index (Phi) is 6.70. The zero-order valence-electron chi connectivity index (χ0n) is 24.9. The summed E-state index contributed by atoms with van der Waals surface area (Å²) in [4.78, 5) is 31.7. The normalized spacial score (nSPS) is 15.9. The van der Waals surface area contributed by atoms with Crippen molar-refractivity contribution in [2.45, 2.75) is 26.4 Å². The summed E-state index contributed by atoms with van der Waals surface area (Å²) < 4.78 is 13.1. The van der Waals surface area contributed by atoms with Crippen LogP contribution in [0, 0.1) is 6.92 Å². The smallest absolute Gasteiger partial charge is 0.340 e. The highest BCUT2D eigenvalue weighted by atomic mass is 16.6. The minimum atomic E-state index is -1.25. The molecule has 0 aliphatic carbocycles. The van der Waals surface area contributed by atoms with Gasteiger partial charge in [0.2, 0.25) is 0 Å². The molecule has 5 aromatic carbocycles. The molecule has 218 valence electrons. The highest BCUT2D eigenvalue weighted by Gasteiger charge is 2.54. The number of rotatable bonds is 6. The highest BCUT2D eigenvalue weighted by Crippen LogP contribution is 2.57. The van der Waals surface area contributed by atoms with Crippen molar-refractivity contribution >= 4 is 28.9 Å². The number of esters is 1. The average Bonchev–Trinajstić information content (AvgIpc) is 3.35. The van der Waals surface area contributed by atoms with E-state index in [1.807, 2.05) is 110 Å². The largest absolute Gasteiger partial charge is 0.456 e. The van der Waals surface area contributed by atoms with Crippen LogP contribution in [0.15, 0.2) is 115 Å². The molecule has 1 unspecified atom stereocenters. The van der Waals surface area contributed by atoms with Gasteiger partial charge in [0, 0.05) is 52.8 Å². The molecule has 1 atom stereocenters. The van der Waals surface area contributed by atoms with Crippen LogP contribution in [0.4, 0.5) is 17.1 Å². The molecule has 1 amide bonds. The number of aryl methyl sites for hydroxylation is 1. The van der Waals surface area contributed by atoms with E-state index in [9.17, 15) is 9.59 Å². The van der Waals surface area contributed by atoms with Crippen LogP contribution in [0.25, 0.3) is 0 Å². The number of hydrogen-bond donors (Lipinski definition) is 0. The third-order valence-electron chi connectivity index (χ3n) is 8.62. The van der Waals surface area contributed by atoms with E-state index in [-0.39, 0.29) is 5.91 Å². The first-order chi connectivity index (χ1) is 21.5. The Labute approximate surface area is 257 Å². The molecule has 2 heterocycles. The van der Waals surface area contributed by atoms with E-state index in [1.165, 1.54) is 0 Å². The number of amides is 1. The number of ether oxygens (including phenoxy) is 2. The molecule has 6 heteroatoms. The fourth-order valence-electron chi connectivity index (χ4n) is 6.48. The summed E-state index contributed by atoms with van der Waals surface area (Å²) in [6, 6.07) is 36.3. The highest BCUT2D eigenvalue weighted by molar-refractivity contribution is 6.11. The van der Waals surface area contributed by atoms with Gasteiger partial charge in [-0.3, -0.25) is 9.69 Å². The molecule has 0 bridgehead atoms. The first-order valence-corrected chi connectivity index (χ1v) is 15.0. The molecule has 5 aromatic rings. The van der Waals surface area contributed by atoms with E-state index in [0.29, 0.717) is 33.9 Å². The monoisotopic (exact) mass is 580 g/mol. The Hall–Kier alpha value is -5.36. The van der Waals surface area contributed by atoms with Crippen molar-refractivity contribution in [3.05, 3.63) is 149 Å². The number of hydrogen-bond acceptors (Lipinski definition) is 5. The summed E-state index contributed by atoms with van der Waals surface area (Å²) in [5.74, 6) is 0.660. The Morgan fingerprint density at radius 1 is 0.705 bits per heavy atom. The second-order valence-electron chi connectivity index (χ2n) is 11.0. The number of para-hydroxylation sites is 1. The van der Waals surface area contributed by atoms with Crippen molar-refractivity contribution in [3.63, 3.8) is 0 Å². The molecule has 1 spiro atoms. The standard InChI is InChI=1S/C38H32N2O4/c1-4-39(5-2)28-20-21-31-35(23-28)43-34-22-25(3)33(24-32(34)38(31)30-19-13-12-18-29(30)37(42)44-38)40(27-16-10-7-11-17-27)36(41)26-14-8-6-9-15-26/h6-24H,4-5H2,1-3H3. The van der Waals surface area contributed by atoms with Crippen molar-refractivity contribution in [2.24, 2.45) is 0 Å². The van der Waals surface area contributed by atoms with Gasteiger partial charge in [-0.2, -0.15) is 0 Å². The number of anilines is 3. The maximum Gasteiger partial charge on any atom is 0.340 e. The maximum atomic E-state index is 14.2. The Balaban J connectivity index is 1.48. The van der Waals surface area contributed by atoms with Gasteiger partial charge in [-0.25, -0.2) is 4.79 Å². The number of nitrogens with zero attached hydrogens (tertiary/aromatic N) is 2. The molecule has 7 rings (SSSR count). The molecule has 0 radical (unpaired) electrons. The summed E-state index contributed by atoms with van der Waals surface area (Å²) in [6.45, 7) is 7.91. The van der Waals surface area contributed by atoms with Crippen LogP contribution in [0.5, 0.6) is 11.5 Å². The van der Waals surface area contributed by atoms with Crippen molar-refractivity contribution in [2.75, 3.05) is 22.9 Å². The van der Waals surface area contributed by atoms with Gasteiger partial charge in [0.05, 0.1) is 11.3 Å². The minimum Gasteiger partial charge on any atom is -0.456 e. The quantitative estimate of drug-likeness (QED) is 0.189. The molecule has 2 aliphatic rings. The van der Waals surface area contributed by atoms with E-state index < -0.39 is 11.6 Å². The Morgan fingerprint density at radius 3 is 2.09 bits per heavy atom. The van der Waals surface area contributed by atoms with Crippen LogP contribution in [0.1, 0.15) is 56.8 Å². The number of benzene rings is 5. The van der Waals surface area contributed by atoms with Gasteiger partial charge in [-0.05, 0) is 80.9 Å². The molecule has 2 aliphatic heterocycles. The SMILES string of the molecule is CCN(CC)c1ccc2c(c1)Oc1cc(C)c(N(C(=O)c3ccccc3)c3ccccc3)cc1C21OC(=O)c2ccccc21. The van der Waals surface area contributed by atoms with Gasteiger partial charge in [0.25, 0.3) is 5.91 Å². The predicted molar refractivity (Wildman–Crippen MR) is 172 cm³/mol. The van der Waals surface area contributed by atoms with E-state index >= 15 is 0 Å². The zero-order valence-corrected chi connectivity index (χ0v) is 24.9. The molecule has 0 saturated heterocycles. The summed E-state index contributed by atoms with van der Waals surface area (Å²) in [5.41, 5.74) is 5.26. The summed E-state index contributed by atoms with van der Waals surface area (Å²) in [6.07, 6.45) is 0. The van der Waals surface area contributed by atoms with Crippen LogP contribution >= 0.6 is 0 Å². The second-order valence-corrected chi connectivity index (χ2v) is 11.0. The number of fused-ring (bicyclic) bond motifs is 6.